The zero-order valence-electron chi connectivity index (χ0n) is 11.0. The van der Waals surface area contributed by atoms with Gasteiger partial charge >= 0.3 is 0 Å². The van der Waals surface area contributed by atoms with Gasteiger partial charge in [-0.15, -0.1) is 11.3 Å². The minimum atomic E-state index is -0.336. The van der Waals surface area contributed by atoms with Crippen molar-refractivity contribution >= 4 is 17.2 Å². The normalized spacial score (nSPS) is 10.5. The van der Waals surface area contributed by atoms with Crippen LogP contribution in [0, 0.1) is 5.82 Å². The summed E-state index contributed by atoms with van der Waals surface area (Å²) in [5.74, 6) is -0.670. The summed E-state index contributed by atoms with van der Waals surface area (Å²) in [5, 5.41) is 11.4. The summed E-state index contributed by atoms with van der Waals surface area (Å²) in [4.78, 5) is 13.0. The van der Waals surface area contributed by atoms with Crippen LogP contribution in [0.5, 0.6) is 0 Å². The fourth-order valence-electron chi connectivity index (χ4n) is 1.90. The molecule has 0 spiro atoms. The van der Waals surface area contributed by atoms with E-state index in [9.17, 15) is 9.18 Å². The molecule has 21 heavy (non-hydrogen) atoms. The van der Waals surface area contributed by atoms with Crippen molar-refractivity contribution in [2.45, 2.75) is 6.54 Å². The van der Waals surface area contributed by atoms with Crippen molar-refractivity contribution < 1.29 is 9.18 Å². The first kappa shape index (κ1) is 13.5. The molecule has 0 atom stereocenters. The third-order valence-electron chi connectivity index (χ3n) is 2.99. The highest BCUT2D eigenvalue weighted by atomic mass is 32.1. The van der Waals surface area contributed by atoms with Crippen LogP contribution in [-0.2, 0) is 6.54 Å². The minimum Gasteiger partial charge on any atom is -0.346 e. The second-order valence-corrected chi connectivity index (χ2v) is 5.37. The average molecular weight is 301 g/mol. The highest BCUT2D eigenvalue weighted by Crippen LogP contribution is 2.22. The molecule has 4 nitrogen and oxygen atoms in total. The minimum absolute atomic E-state index is 0.132. The topological polar surface area (TPSA) is 57.8 Å². The molecule has 106 valence electrons. The number of carbonyl (C=O) groups is 1. The first-order valence-electron chi connectivity index (χ1n) is 6.35. The number of aromatic amines is 1. The summed E-state index contributed by atoms with van der Waals surface area (Å²) in [6.45, 7) is 0.132. The fraction of sp³-hybridized carbons (Fsp3) is 0.0667. The Morgan fingerprint density at radius 3 is 2.90 bits per heavy atom. The number of amides is 1. The maximum absolute atomic E-state index is 13.5. The van der Waals surface area contributed by atoms with Crippen molar-refractivity contribution in [3.63, 3.8) is 0 Å². The number of benzene rings is 1. The van der Waals surface area contributed by atoms with Crippen LogP contribution in [0.4, 0.5) is 4.39 Å². The van der Waals surface area contributed by atoms with E-state index in [0.29, 0.717) is 5.56 Å². The SMILES string of the molecule is O=C(NCc1ccccc1F)c1cc(-c2cccs2)[nH]n1. The number of thiophene rings is 1. The molecule has 0 bridgehead atoms. The van der Waals surface area contributed by atoms with E-state index in [4.69, 9.17) is 0 Å². The van der Waals surface area contributed by atoms with Crippen molar-refractivity contribution in [3.05, 3.63) is 64.9 Å². The zero-order valence-corrected chi connectivity index (χ0v) is 11.8. The fourth-order valence-corrected chi connectivity index (χ4v) is 2.60. The molecule has 0 saturated carbocycles. The van der Waals surface area contributed by atoms with E-state index in [-0.39, 0.29) is 24.0 Å². The summed E-state index contributed by atoms with van der Waals surface area (Å²) >= 11 is 1.56. The van der Waals surface area contributed by atoms with Gasteiger partial charge in [0.05, 0.1) is 10.6 Å². The Morgan fingerprint density at radius 2 is 2.14 bits per heavy atom. The Bertz CT molecular complexity index is 752. The van der Waals surface area contributed by atoms with Crippen molar-refractivity contribution in [2.24, 2.45) is 0 Å². The number of nitrogens with zero attached hydrogens (tertiary/aromatic N) is 1. The number of hydrogen-bond acceptors (Lipinski definition) is 3. The molecular formula is C15H12FN3OS. The molecule has 3 aromatic rings. The van der Waals surface area contributed by atoms with E-state index < -0.39 is 0 Å². The van der Waals surface area contributed by atoms with Gasteiger partial charge in [0.25, 0.3) is 5.91 Å². The second kappa shape index (κ2) is 5.88. The molecule has 0 saturated heterocycles. The molecule has 0 unspecified atom stereocenters. The molecule has 2 aromatic heterocycles. The Hall–Kier alpha value is -2.47. The summed E-state index contributed by atoms with van der Waals surface area (Å²) in [6, 6.07) is 11.9. The molecule has 2 N–H and O–H groups in total. The molecule has 1 amide bonds. The lowest BCUT2D eigenvalue weighted by atomic mass is 10.2. The highest BCUT2D eigenvalue weighted by Gasteiger charge is 2.12. The summed E-state index contributed by atoms with van der Waals surface area (Å²) in [6.07, 6.45) is 0. The van der Waals surface area contributed by atoms with Crippen molar-refractivity contribution in [1.82, 2.24) is 15.5 Å². The van der Waals surface area contributed by atoms with Gasteiger partial charge in [-0.05, 0) is 23.6 Å². The van der Waals surface area contributed by atoms with Gasteiger partial charge in [0, 0.05) is 12.1 Å². The Balaban J connectivity index is 1.68. The van der Waals surface area contributed by atoms with Crippen LogP contribution in [0.25, 0.3) is 10.6 Å². The summed E-state index contributed by atoms with van der Waals surface area (Å²) < 4.78 is 13.5. The number of halogens is 1. The van der Waals surface area contributed by atoms with Crippen molar-refractivity contribution in [3.8, 4) is 10.6 Å². The zero-order chi connectivity index (χ0) is 14.7. The van der Waals surface area contributed by atoms with Crippen LogP contribution < -0.4 is 5.32 Å². The summed E-state index contributed by atoms with van der Waals surface area (Å²) in [5.41, 5.74) is 1.52. The molecule has 0 aliphatic rings. The van der Waals surface area contributed by atoms with Gasteiger partial charge in [-0.1, -0.05) is 24.3 Å². The number of H-pyrrole nitrogens is 1. The molecule has 0 radical (unpaired) electrons. The Labute approximate surface area is 124 Å². The number of hydrogen-bond donors (Lipinski definition) is 2. The molecule has 3 rings (SSSR count). The first-order chi connectivity index (χ1) is 10.2. The smallest absolute Gasteiger partial charge is 0.272 e. The van der Waals surface area contributed by atoms with E-state index in [1.165, 1.54) is 6.07 Å². The number of aromatic nitrogens is 2. The van der Waals surface area contributed by atoms with Gasteiger partial charge in [-0.3, -0.25) is 9.89 Å². The van der Waals surface area contributed by atoms with Gasteiger partial charge in [0.15, 0.2) is 5.69 Å². The average Bonchev–Trinajstić information content (AvgIpc) is 3.16. The van der Waals surface area contributed by atoms with Crippen LogP contribution in [0.3, 0.4) is 0 Å². The largest absolute Gasteiger partial charge is 0.346 e. The molecule has 2 heterocycles. The lowest BCUT2D eigenvalue weighted by molar-refractivity contribution is 0.0945. The standard InChI is InChI=1S/C15H12FN3OS/c16-11-5-2-1-4-10(11)9-17-15(20)13-8-12(18-19-13)14-6-3-7-21-14/h1-8H,9H2,(H,17,20)(H,18,19). The third-order valence-corrected chi connectivity index (χ3v) is 3.90. The van der Waals surface area contributed by atoms with Crippen LogP contribution >= 0.6 is 11.3 Å². The maximum atomic E-state index is 13.5. The van der Waals surface area contributed by atoms with Crippen LogP contribution in [-0.4, -0.2) is 16.1 Å². The molecule has 0 fully saturated rings. The molecule has 0 aliphatic heterocycles. The van der Waals surface area contributed by atoms with Gasteiger partial charge in [0.1, 0.15) is 5.82 Å². The van der Waals surface area contributed by atoms with Crippen molar-refractivity contribution in [1.29, 1.82) is 0 Å². The summed E-state index contributed by atoms with van der Waals surface area (Å²) in [7, 11) is 0. The van der Waals surface area contributed by atoms with E-state index in [2.05, 4.69) is 15.5 Å². The molecule has 6 heteroatoms. The predicted octanol–water partition coefficient (Wildman–Crippen LogP) is 3.21. The van der Waals surface area contributed by atoms with E-state index >= 15 is 0 Å². The third kappa shape index (κ3) is 3.00. The number of rotatable bonds is 4. The van der Waals surface area contributed by atoms with E-state index in [0.717, 1.165) is 10.6 Å². The van der Waals surface area contributed by atoms with Gasteiger partial charge in [-0.25, -0.2) is 4.39 Å². The Kier molecular flexibility index (Phi) is 3.79. The van der Waals surface area contributed by atoms with E-state index in [1.807, 2.05) is 17.5 Å². The molecular weight excluding hydrogens is 289 g/mol. The first-order valence-corrected chi connectivity index (χ1v) is 7.23. The van der Waals surface area contributed by atoms with Gasteiger partial charge in [0.2, 0.25) is 0 Å². The predicted molar refractivity (Wildman–Crippen MR) is 79.5 cm³/mol. The van der Waals surface area contributed by atoms with Crippen LogP contribution in [0.2, 0.25) is 0 Å². The van der Waals surface area contributed by atoms with E-state index in [1.54, 1.807) is 35.6 Å². The lowest BCUT2D eigenvalue weighted by Gasteiger charge is -2.04. The van der Waals surface area contributed by atoms with Crippen molar-refractivity contribution in [2.75, 3.05) is 0 Å². The Morgan fingerprint density at radius 1 is 1.29 bits per heavy atom. The maximum Gasteiger partial charge on any atom is 0.272 e. The monoisotopic (exact) mass is 301 g/mol. The van der Waals surface area contributed by atoms with Gasteiger partial charge in [-0.2, -0.15) is 5.10 Å². The van der Waals surface area contributed by atoms with Crippen LogP contribution in [0.15, 0.2) is 47.8 Å². The quantitative estimate of drug-likeness (QED) is 0.777. The number of nitrogens with one attached hydrogen (secondary N) is 2. The molecule has 1 aromatic carbocycles. The number of carbonyl (C=O) groups excluding carboxylic acids is 1. The second-order valence-electron chi connectivity index (χ2n) is 4.42. The van der Waals surface area contributed by atoms with Crippen LogP contribution in [0.1, 0.15) is 16.1 Å². The highest BCUT2D eigenvalue weighted by molar-refractivity contribution is 7.13. The lowest BCUT2D eigenvalue weighted by Crippen LogP contribution is -2.23. The van der Waals surface area contributed by atoms with Gasteiger partial charge < -0.3 is 5.32 Å². The molecule has 0 aliphatic carbocycles.